The molecule has 1 aromatic carbocycles. The maximum atomic E-state index is 5.03. The molecule has 64 valence electrons. The number of thiocarbonyl (C=S) groups is 1. The summed E-state index contributed by atoms with van der Waals surface area (Å²) in [5.74, 6) is 0. The number of aromatic nitrogens is 1. The van der Waals surface area contributed by atoms with Crippen molar-refractivity contribution < 1.29 is 0 Å². The highest BCUT2D eigenvalue weighted by Crippen LogP contribution is 2.17. The Bertz CT molecular complexity index is 460. The Morgan fingerprint density at radius 1 is 1.23 bits per heavy atom. The van der Waals surface area contributed by atoms with E-state index in [4.69, 9.17) is 12.2 Å². The van der Waals surface area contributed by atoms with Crippen molar-refractivity contribution in [2.75, 3.05) is 0 Å². The van der Waals surface area contributed by atoms with Crippen LogP contribution in [0, 0.1) is 0 Å². The molecule has 0 saturated carbocycles. The minimum absolute atomic E-state index is 0.610. The lowest BCUT2D eigenvalue weighted by Gasteiger charge is -2.01. The Hall–Kier alpha value is -0.930. The van der Waals surface area contributed by atoms with Crippen LogP contribution in [0.15, 0.2) is 36.5 Å². The summed E-state index contributed by atoms with van der Waals surface area (Å²) in [4.78, 5) is 4.23. The average molecular weight is 205 g/mol. The summed E-state index contributed by atoms with van der Waals surface area (Å²) in [6.07, 6.45) is 1.75. The van der Waals surface area contributed by atoms with Crippen molar-refractivity contribution >= 4 is 39.9 Å². The molecule has 3 heteroatoms. The van der Waals surface area contributed by atoms with Gasteiger partial charge in [0, 0.05) is 17.1 Å². The fourth-order valence-corrected chi connectivity index (χ4v) is 1.66. The molecule has 0 aliphatic rings. The number of thiol groups is 1. The van der Waals surface area contributed by atoms with Gasteiger partial charge < -0.3 is 0 Å². The molecule has 1 heterocycles. The molecule has 0 radical (unpaired) electrons. The highest BCUT2D eigenvalue weighted by atomic mass is 32.1. The Morgan fingerprint density at radius 3 is 2.77 bits per heavy atom. The van der Waals surface area contributed by atoms with Crippen LogP contribution in [0.2, 0.25) is 0 Å². The van der Waals surface area contributed by atoms with Crippen LogP contribution in [0.25, 0.3) is 10.9 Å². The van der Waals surface area contributed by atoms with Crippen molar-refractivity contribution in [3.63, 3.8) is 0 Å². The van der Waals surface area contributed by atoms with Crippen molar-refractivity contribution in [2.45, 2.75) is 0 Å². The molecule has 1 nitrogen and oxygen atoms in total. The molecular weight excluding hydrogens is 198 g/mol. The smallest absolute Gasteiger partial charge is 0.0755 e. The Labute approximate surface area is 87.2 Å². The van der Waals surface area contributed by atoms with Crippen LogP contribution in [0.1, 0.15) is 5.56 Å². The van der Waals surface area contributed by atoms with Crippen LogP contribution in [0.5, 0.6) is 0 Å². The molecule has 0 bridgehead atoms. The topological polar surface area (TPSA) is 12.9 Å². The Balaban J connectivity index is 2.83. The molecule has 0 amide bonds. The number of nitrogens with zero attached hydrogens (tertiary/aromatic N) is 1. The van der Waals surface area contributed by atoms with Gasteiger partial charge in [-0.25, -0.2) is 0 Å². The van der Waals surface area contributed by atoms with E-state index in [9.17, 15) is 0 Å². The van der Waals surface area contributed by atoms with Crippen LogP contribution in [-0.2, 0) is 0 Å². The van der Waals surface area contributed by atoms with Gasteiger partial charge in [0.25, 0.3) is 0 Å². The zero-order chi connectivity index (χ0) is 9.26. The van der Waals surface area contributed by atoms with Gasteiger partial charge in [-0.05, 0) is 12.1 Å². The second-order valence-corrected chi connectivity index (χ2v) is 3.84. The lowest BCUT2D eigenvalue weighted by molar-refractivity contribution is 1.41. The molecule has 13 heavy (non-hydrogen) atoms. The molecule has 2 aromatic rings. The standard InChI is InChI=1S/C10H7NS2/c12-10(13)8-5-6-11-9-4-2-1-3-7(8)9/h1-6H,(H,12,13). The minimum atomic E-state index is 0.610. The zero-order valence-corrected chi connectivity index (χ0v) is 8.48. The van der Waals surface area contributed by atoms with Gasteiger partial charge in [0.2, 0.25) is 0 Å². The third kappa shape index (κ3) is 1.57. The molecule has 0 aliphatic heterocycles. The first-order valence-electron chi connectivity index (χ1n) is 3.86. The predicted molar refractivity (Wildman–Crippen MR) is 62.4 cm³/mol. The summed E-state index contributed by atoms with van der Waals surface area (Å²) in [7, 11) is 0. The third-order valence-corrected chi connectivity index (χ3v) is 2.34. The fraction of sp³-hybridized carbons (Fsp3) is 0. The molecule has 0 spiro atoms. The molecule has 0 unspecified atom stereocenters. The number of para-hydroxylation sites is 1. The van der Waals surface area contributed by atoms with Gasteiger partial charge >= 0.3 is 0 Å². The number of hydrogen-bond acceptors (Lipinski definition) is 2. The Morgan fingerprint density at radius 2 is 2.00 bits per heavy atom. The Kier molecular flexibility index (Phi) is 2.29. The maximum absolute atomic E-state index is 5.03. The van der Waals surface area contributed by atoms with Gasteiger partial charge in [-0.3, -0.25) is 4.98 Å². The van der Waals surface area contributed by atoms with E-state index in [-0.39, 0.29) is 0 Å². The third-order valence-electron chi connectivity index (χ3n) is 1.88. The summed E-state index contributed by atoms with van der Waals surface area (Å²) in [5, 5.41) is 1.06. The first-order valence-corrected chi connectivity index (χ1v) is 4.71. The summed E-state index contributed by atoms with van der Waals surface area (Å²) >= 11 is 9.19. The minimum Gasteiger partial charge on any atom is -0.256 e. The fourth-order valence-electron chi connectivity index (χ4n) is 1.28. The van der Waals surface area contributed by atoms with Crippen LogP contribution < -0.4 is 0 Å². The van der Waals surface area contributed by atoms with Crippen molar-refractivity contribution in [3.05, 3.63) is 42.1 Å². The number of hydrogen-bond donors (Lipinski definition) is 1. The molecule has 0 N–H and O–H groups in total. The van der Waals surface area contributed by atoms with Crippen LogP contribution in [0.4, 0.5) is 0 Å². The molecule has 0 atom stereocenters. The lowest BCUT2D eigenvalue weighted by Crippen LogP contribution is -1.90. The van der Waals surface area contributed by atoms with Crippen LogP contribution in [0.3, 0.4) is 0 Å². The number of rotatable bonds is 1. The lowest BCUT2D eigenvalue weighted by atomic mass is 10.1. The molecular formula is C10H7NS2. The second kappa shape index (κ2) is 3.44. The van der Waals surface area contributed by atoms with Gasteiger partial charge in [0.05, 0.1) is 9.71 Å². The second-order valence-electron chi connectivity index (χ2n) is 2.68. The first-order chi connectivity index (χ1) is 6.29. The van der Waals surface area contributed by atoms with Gasteiger partial charge in [0.1, 0.15) is 0 Å². The molecule has 0 fully saturated rings. The van der Waals surface area contributed by atoms with E-state index < -0.39 is 0 Å². The van der Waals surface area contributed by atoms with Crippen molar-refractivity contribution in [1.29, 1.82) is 0 Å². The normalized spacial score (nSPS) is 10.2. The summed E-state index contributed by atoms with van der Waals surface area (Å²) in [5.41, 5.74) is 1.93. The van der Waals surface area contributed by atoms with Crippen molar-refractivity contribution in [2.24, 2.45) is 0 Å². The summed E-state index contributed by atoms with van der Waals surface area (Å²) in [6.45, 7) is 0. The molecule has 2 rings (SSSR count). The monoisotopic (exact) mass is 205 g/mol. The van der Waals surface area contributed by atoms with E-state index in [1.54, 1.807) is 6.20 Å². The van der Waals surface area contributed by atoms with E-state index >= 15 is 0 Å². The predicted octanol–water partition coefficient (Wildman–Crippen LogP) is 2.84. The van der Waals surface area contributed by atoms with E-state index in [0.29, 0.717) is 4.20 Å². The van der Waals surface area contributed by atoms with E-state index in [2.05, 4.69) is 17.6 Å². The average Bonchev–Trinajstić information content (AvgIpc) is 2.17. The summed E-state index contributed by atoms with van der Waals surface area (Å²) < 4.78 is 0.610. The maximum Gasteiger partial charge on any atom is 0.0755 e. The van der Waals surface area contributed by atoms with Gasteiger partial charge in [-0.2, -0.15) is 0 Å². The van der Waals surface area contributed by atoms with Crippen LogP contribution >= 0.6 is 24.8 Å². The van der Waals surface area contributed by atoms with E-state index in [1.165, 1.54) is 0 Å². The highest BCUT2D eigenvalue weighted by molar-refractivity contribution is 8.11. The largest absolute Gasteiger partial charge is 0.256 e. The van der Waals surface area contributed by atoms with E-state index in [1.807, 2.05) is 30.3 Å². The first kappa shape index (κ1) is 8.66. The zero-order valence-electron chi connectivity index (χ0n) is 6.77. The number of pyridine rings is 1. The quantitative estimate of drug-likeness (QED) is 0.568. The molecule has 0 saturated heterocycles. The van der Waals surface area contributed by atoms with Gasteiger partial charge in [-0.15, -0.1) is 12.6 Å². The number of fused-ring (bicyclic) bond motifs is 1. The van der Waals surface area contributed by atoms with E-state index in [0.717, 1.165) is 16.5 Å². The number of benzene rings is 1. The van der Waals surface area contributed by atoms with Crippen molar-refractivity contribution in [1.82, 2.24) is 4.98 Å². The van der Waals surface area contributed by atoms with Gasteiger partial charge in [-0.1, -0.05) is 30.4 Å². The van der Waals surface area contributed by atoms with Crippen molar-refractivity contribution in [3.8, 4) is 0 Å². The van der Waals surface area contributed by atoms with Gasteiger partial charge in [0.15, 0.2) is 0 Å². The molecule has 1 aromatic heterocycles. The molecule has 0 aliphatic carbocycles. The summed E-state index contributed by atoms with van der Waals surface area (Å²) in [6, 6.07) is 9.78. The van der Waals surface area contributed by atoms with Crippen LogP contribution in [-0.4, -0.2) is 9.18 Å². The highest BCUT2D eigenvalue weighted by Gasteiger charge is 2.01. The SMILES string of the molecule is S=C(S)c1ccnc2ccccc12.